The molecular formula is C12H19N3O2. The smallest absolute Gasteiger partial charge is 0.435 e. The van der Waals surface area contributed by atoms with E-state index >= 15 is 0 Å². The molecule has 0 amide bonds. The van der Waals surface area contributed by atoms with Gasteiger partial charge in [-0.25, -0.2) is 4.79 Å². The molecule has 0 aliphatic heterocycles. The number of hydrogen-bond donors (Lipinski definition) is 1. The molecule has 1 aromatic rings. The number of rotatable bonds is 0. The average molecular weight is 237 g/mol. The molecule has 1 heterocycles. The van der Waals surface area contributed by atoms with Gasteiger partial charge < -0.3 is 10.5 Å². The van der Waals surface area contributed by atoms with E-state index in [0.717, 1.165) is 30.5 Å². The largest absolute Gasteiger partial charge is 0.442 e. The van der Waals surface area contributed by atoms with Crippen molar-refractivity contribution in [3.63, 3.8) is 0 Å². The summed E-state index contributed by atoms with van der Waals surface area (Å²) >= 11 is 0. The van der Waals surface area contributed by atoms with Gasteiger partial charge in [0.2, 0.25) is 0 Å². The number of fused-ring (bicyclic) bond motifs is 1. The van der Waals surface area contributed by atoms with Crippen LogP contribution in [0, 0.1) is 0 Å². The second-order valence-electron chi connectivity index (χ2n) is 5.45. The van der Waals surface area contributed by atoms with Crippen LogP contribution in [0.3, 0.4) is 0 Å². The Balaban J connectivity index is 2.20. The normalized spacial score (nSPS) is 19.9. The monoisotopic (exact) mass is 237 g/mol. The molecule has 94 valence electrons. The van der Waals surface area contributed by atoms with Crippen LogP contribution >= 0.6 is 0 Å². The second kappa shape index (κ2) is 4.14. The Hall–Kier alpha value is -1.36. The predicted molar refractivity (Wildman–Crippen MR) is 63.7 cm³/mol. The third-order valence-corrected chi connectivity index (χ3v) is 2.73. The number of ether oxygens (including phenoxy) is 1. The van der Waals surface area contributed by atoms with Gasteiger partial charge in [0.1, 0.15) is 5.60 Å². The lowest BCUT2D eigenvalue weighted by molar-refractivity contribution is 0.0514. The van der Waals surface area contributed by atoms with Crippen molar-refractivity contribution < 1.29 is 9.53 Å². The van der Waals surface area contributed by atoms with E-state index in [1.807, 2.05) is 20.8 Å². The molecule has 0 spiro atoms. The number of nitrogens with two attached hydrogens (primary N) is 1. The van der Waals surface area contributed by atoms with Crippen molar-refractivity contribution in [2.75, 3.05) is 0 Å². The van der Waals surface area contributed by atoms with Crippen LogP contribution in [-0.4, -0.2) is 21.5 Å². The minimum absolute atomic E-state index is 0.00469. The van der Waals surface area contributed by atoms with Crippen LogP contribution in [0.2, 0.25) is 0 Å². The summed E-state index contributed by atoms with van der Waals surface area (Å²) in [5.74, 6) is 0. The van der Waals surface area contributed by atoms with Gasteiger partial charge in [-0.15, -0.1) is 0 Å². The molecule has 17 heavy (non-hydrogen) atoms. The average Bonchev–Trinajstić information content (AvgIpc) is 2.60. The fourth-order valence-corrected chi connectivity index (χ4v) is 1.97. The first-order valence-electron chi connectivity index (χ1n) is 5.94. The summed E-state index contributed by atoms with van der Waals surface area (Å²) in [7, 11) is 0. The van der Waals surface area contributed by atoms with Crippen molar-refractivity contribution in [1.29, 1.82) is 0 Å². The van der Waals surface area contributed by atoms with E-state index in [-0.39, 0.29) is 6.04 Å². The number of nitrogens with zero attached hydrogens (tertiary/aromatic N) is 2. The highest BCUT2D eigenvalue weighted by molar-refractivity contribution is 5.70. The van der Waals surface area contributed by atoms with Gasteiger partial charge in [0.15, 0.2) is 0 Å². The highest BCUT2D eigenvalue weighted by Gasteiger charge is 2.24. The molecule has 0 aromatic carbocycles. The van der Waals surface area contributed by atoms with E-state index < -0.39 is 11.7 Å². The maximum absolute atomic E-state index is 11.8. The fourth-order valence-electron chi connectivity index (χ4n) is 1.97. The van der Waals surface area contributed by atoms with Crippen LogP contribution in [-0.2, 0) is 11.2 Å². The summed E-state index contributed by atoms with van der Waals surface area (Å²) in [6.07, 6.45) is 4.12. The molecule has 1 aliphatic carbocycles. The quantitative estimate of drug-likeness (QED) is 0.749. The van der Waals surface area contributed by atoms with E-state index in [9.17, 15) is 4.79 Å². The summed E-state index contributed by atoms with van der Waals surface area (Å²) in [6.45, 7) is 5.50. The minimum atomic E-state index is -0.508. The molecule has 1 unspecified atom stereocenters. The summed E-state index contributed by atoms with van der Waals surface area (Å²) < 4.78 is 6.52. The third kappa shape index (κ3) is 2.66. The Morgan fingerprint density at radius 1 is 1.59 bits per heavy atom. The SMILES string of the molecule is CC(C)(C)OC(=O)n1cc2c(n1)CCCC2N. The number of carbonyl (C=O) groups excluding carboxylic acids is 1. The number of aromatic nitrogens is 2. The maximum atomic E-state index is 11.8. The van der Waals surface area contributed by atoms with Crippen LogP contribution in [0.25, 0.3) is 0 Å². The Labute approximate surface area is 101 Å². The van der Waals surface area contributed by atoms with Gasteiger partial charge in [-0.05, 0) is 40.0 Å². The molecule has 5 heteroatoms. The molecule has 2 N–H and O–H groups in total. The van der Waals surface area contributed by atoms with Crippen molar-refractivity contribution in [1.82, 2.24) is 9.78 Å². The standard InChI is InChI=1S/C12H19N3O2/c1-12(2,3)17-11(16)15-7-8-9(13)5-4-6-10(8)14-15/h7,9H,4-6,13H2,1-3H3. The summed E-state index contributed by atoms with van der Waals surface area (Å²) in [5, 5.41) is 4.25. The third-order valence-electron chi connectivity index (χ3n) is 2.73. The lowest BCUT2D eigenvalue weighted by Crippen LogP contribution is -2.27. The van der Waals surface area contributed by atoms with Crippen LogP contribution < -0.4 is 5.73 Å². The van der Waals surface area contributed by atoms with Crippen molar-refractivity contribution in [3.8, 4) is 0 Å². The highest BCUT2D eigenvalue weighted by Crippen LogP contribution is 2.26. The van der Waals surface area contributed by atoms with E-state index in [2.05, 4.69) is 5.10 Å². The molecule has 0 radical (unpaired) electrons. The summed E-state index contributed by atoms with van der Waals surface area (Å²) in [6, 6.07) is -0.00469. The van der Waals surface area contributed by atoms with Crippen LogP contribution in [0.4, 0.5) is 4.79 Å². The molecule has 1 aliphatic rings. The molecule has 0 saturated heterocycles. The molecule has 0 fully saturated rings. The summed E-state index contributed by atoms with van der Waals surface area (Å²) in [4.78, 5) is 11.8. The fraction of sp³-hybridized carbons (Fsp3) is 0.667. The molecule has 0 saturated carbocycles. The van der Waals surface area contributed by atoms with Crippen LogP contribution in [0.1, 0.15) is 50.9 Å². The van der Waals surface area contributed by atoms with E-state index in [1.54, 1.807) is 6.20 Å². The number of hydrogen-bond acceptors (Lipinski definition) is 4. The van der Waals surface area contributed by atoms with E-state index in [1.165, 1.54) is 4.68 Å². The minimum Gasteiger partial charge on any atom is -0.442 e. The van der Waals surface area contributed by atoms with Gasteiger partial charge >= 0.3 is 6.09 Å². The van der Waals surface area contributed by atoms with Gasteiger partial charge in [-0.3, -0.25) is 0 Å². The topological polar surface area (TPSA) is 70.1 Å². The maximum Gasteiger partial charge on any atom is 0.435 e. The van der Waals surface area contributed by atoms with Crippen LogP contribution in [0.15, 0.2) is 6.20 Å². The Bertz CT molecular complexity index is 431. The van der Waals surface area contributed by atoms with Crippen LogP contribution in [0.5, 0.6) is 0 Å². The zero-order chi connectivity index (χ0) is 12.6. The lowest BCUT2D eigenvalue weighted by Gasteiger charge is -2.18. The molecule has 0 bridgehead atoms. The predicted octanol–water partition coefficient (Wildman–Crippen LogP) is 2.00. The highest BCUT2D eigenvalue weighted by atomic mass is 16.6. The zero-order valence-corrected chi connectivity index (χ0v) is 10.6. The first-order chi connectivity index (χ1) is 7.87. The van der Waals surface area contributed by atoms with E-state index in [0.29, 0.717) is 0 Å². The van der Waals surface area contributed by atoms with Gasteiger partial charge in [-0.2, -0.15) is 9.78 Å². The molecule has 2 rings (SSSR count). The van der Waals surface area contributed by atoms with Gasteiger partial charge in [-0.1, -0.05) is 0 Å². The van der Waals surface area contributed by atoms with E-state index in [4.69, 9.17) is 10.5 Å². The number of carbonyl (C=O) groups is 1. The Morgan fingerprint density at radius 2 is 2.29 bits per heavy atom. The van der Waals surface area contributed by atoms with Crippen molar-refractivity contribution >= 4 is 6.09 Å². The lowest BCUT2D eigenvalue weighted by atomic mass is 9.94. The van der Waals surface area contributed by atoms with Gasteiger partial charge in [0.25, 0.3) is 0 Å². The first kappa shape index (κ1) is 12.1. The molecule has 5 nitrogen and oxygen atoms in total. The second-order valence-corrected chi connectivity index (χ2v) is 5.45. The molecule has 1 atom stereocenters. The van der Waals surface area contributed by atoms with Crippen molar-refractivity contribution in [2.45, 2.75) is 51.7 Å². The van der Waals surface area contributed by atoms with Crippen molar-refractivity contribution in [2.24, 2.45) is 5.73 Å². The molecule has 1 aromatic heterocycles. The number of aryl methyl sites for hydroxylation is 1. The summed E-state index contributed by atoms with van der Waals surface area (Å²) in [5.41, 5.74) is 7.37. The first-order valence-corrected chi connectivity index (χ1v) is 5.94. The zero-order valence-electron chi connectivity index (χ0n) is 10.6. The Morgan fingerprint density at radius 3 is 2.88 bits per heavy atom. The van der Waals surface area contributed by atoms with Gasteiger partial charge in [0, 0.05) is 17.8 Å². The Kier molecular flexibility index (Phi) is 2.95. The van der Waals surface area contributed by atoms with Gasteiger partial charge in [0.05, 0.1) is 5.69 Å². The van der Waals surface area contributed by atoms with Crippen molar-refractivity contribution in [3.05, 3.63) is 17.5 Å². The molecular weight excluding hydrogens is 218 g/mol.